The molecule has 4 saturated heterocycles. The van der Waals surface area contributed by atoms with Crippen LogP contribution in [0.15, 0.2) is 30.6 Å². The van der Waals surface area contributed by atoms with Crippen molar-refractivity contribution in [2.24, 2.45) is 5.92 Å². The maximum absolute atomic E-state index is 13.3. The Balaban J connectivity index is 1.41. The number of hydrogen-bond acceptors (Lipinski definition) is 6. The smallest absolute Gasteiger partial charge is 0.231 e. The summed E-state index contributed by atoms with van der Waals surface area (Å²) in [4.78, 5) is 13.5. The summed E-state index contributed by atoms with van der Waals surface area (Å²) in [5.41, 5.74) is 1.27. The van der Waals surface area contributed by atoms with Crippen LogP contribution >= 0.6 is 0 Å². The van der Waals surface area contributed by atoms with E-state index < -0.39 is 5.82 Å². The lowest BCUT2D eigenvalue weighted by atomic mass is 9.75. The highest BCUT2D eigenvalue weighted by Crippen LogP contribution is 2.48. The van der Waals surface area contributed by atoms with Crippen LogP contribution in [0.25, 0.3) is 0 Å². The Morgan fingerprint density at radius 2 is 1.78 bits per heavy atom. The van der Waals surface area contributed by atoms with E-state index in [-0.39, 0.29) is 0 Å². The van der Waals surface area contributed by atoms with E-state index in [1.54, 1.807) is 0 Å². The summed E-state index contributed by atoms with van der Waals surface area (Å²) in [6, 6.07) is 7.12. The number of rotatable bonds is 2. The van der Waals surface area contributed by atoms with Gasteiger partial charge in [0.1, 0.15) is 0 Å². The third kappa shape index (κ3) is 2.34. The molecule has 6 heterocycles. The maximum atomic E-state index is 13.3. The van der Waals surface area contributed by atoms with Crippen molar-refractivity contribution in [3.63, 3.8) is 0 Å². The second-order valence-electron chi connectivity index (χ2n) is 7.93. The molecule has 6 nitrogen and oxygen atoms in total. The van der Waals surface area contributed by atoms with Crippen molar-refractivity contribution in [2.45, 2.75) is 30.8 Å². The molecule has 1 aromatic carbocycles. The fourth-order valence-corrected chi connectivity index (χ4v) is 5.54. The molecule has 140 valence electrons. The number of benzene rings is 1. The minimum absolute atomic E-state index is 0.291. The van der Waals surface area contributed by atoms with Gasteiger partial charge in [0.15, 0.2) is 17.3 Å². The molecule has 7 heteroatoms. The molecule has 7 rings (SSSR count). The average Bonchev–Trinajstić information content (AvgIpc) is 3.35. The topological polar surface area (TPSA) is 50.7 Å². The van der Waals surface area contributed by atoms with Gasteiger partial charge in [-0.15, -0.1) is 0 Å². The van der Waals surface area contributed by atoms with E-state index >= 15 is 0 Å². The zero-order valence-corrected chi connectivity index (χ0v) is 14.9. The number of aromatic nitrogens is 2. The highest BCUT2D eigenvalue weighted by Gasteiger charge is 2.54. The SMILES string of the molecule is Fc1cnc(N2C[C@@H](c3ccc4c(c3)OCO4)[C@@H]3[C@H]2C2CCN3CC2)nc1. The van der Waals surface area contributed by atoms with Gasteiger partial charge in [-0.1, -0.05) is 6.07 Å². The molecule has 3 atom stereocenters. The lowest BCUT2D eigenvalue weighted by molar-refractivity contribution is 0.0353. The Labute approximate surface area is 156 Å². The first-order valence-corrected chi connectivity index (χ1v) is 9.66. The molecule has 0 N–H and O–H groups in total. The lowest BCUT2D eigenvalue weighted by Crippen LogP contribution is -2.60. The Hall–Kier alpha value is -2.41. The predicted molar refractivity (Wildman–Crippen MR) is 96.5 cm³/mol. The van der Waals surface area contributed by atoms with E-state index in [9.17, 15) is 4.39 Å². The van der Waals surface area contributed by atoms with E-state index in [0.29, 0.717) is 36.7 Å². The highest BCUT2D eigenvalue weighted by molar-refractivity contribution is 5.49. The number of piperidine rings is 3. The zero-order valence-electron chi connectivity index (χ0n) is 14.9. The molecule has 0 saturated carbocycles. The minimum Gasteiger partial charge on any atom is -0.454 e. The molecule has 1 aromatic heterocycles. The fraction of sp³-hybridized carbons (Fsp3) is 0.500. The molecule has 27 heavy (non-hydrogen) atoms. The van der Waals surface area contributed by atoms with E-state index in [1.165, 1.54) is 30.8 Å². The van der Waals surface area contributed by atoms with Gasteiger partial charge in [-0.05, 0) is 49.5 Å². The van der Waals surface area contributed by atoms with Gasteiger partial charge in [0.25, 0.3) is 0 Å². The van der Waals surface area contributed by atoms with Gasteiger partial charge in [0, 0.05) is 18.5 Å². The minimum atomic E-state index is -0.393. The maximum Gasteiger partial charge on any atom is 0.231 e. The number of nitrogens with zero attached hydrogens (tertiary/aromatic N) is 4. The van der Waals surface area contributed by atoms with E-state index in [4.69, 9.17) is 9.47 Å². The van der Waals surface area contributed by atoms with Gasteiger partial charge in [0.2, 0.25) is 12.7 Å². The molecule has 0 spiro atoms. The Bertz CT molecular complexity index is 869. The van der Waals surface area contributed by atoms with Crippen LogP contribution in [0.1, 0.15) is 24.3 Å². The van der Waals surface area contributed by atoms with Crippen LogP contribution in [0.2, 0.25) is 0 Å². The summed E-state index contributed by atoms with van der Waals surface area (Å²) < 4.78 is 24.4. The standard InChI is InChI=1S/C20H21FN4O2/c21-14-8-22-20(23-9-14)25-10-15(13-1-2-16-17(7-13)27-11-26-16)19-18(25)12-3-5-24(19)6-4-12/h1-2,7-9,12,15,18-19H,3-6,10-11H2/t15-,18+,19+/m0/s1. The van der Waals surface area contributed by atoms with Crippen molar-refractivity contribution in [3.8, 4) is 11.5 Å². The van der Waals surface area contributed by atoms with Crippen LogP contribution in [-0.4, -0.2) is 53.4 Å². The predicted octanol–water partition coefficient (Wildman–Crippen LogP) is 2.41. The van der Waals surface area contributed by atoms with Crippen molar-refractivity contribution in [1.29, 1.82) is 0 Å². The quantitative estimate of drug-likeness (QED) is 0.812. The summed E-state index contributed by atoms with van der Waals surface area (Å²) in [5.74, 6) is 2.89. The molecule has 0 unspecified atom stereocenters. The van der Waals surface area contributed by atoms with E-state index in [1.807, 2.05) is 6.07 Å². The Kier molecular flexibility index (Phi) is 3.35. The summed E-state index contributed by atoms with van der Waals surface area (Å²) in [7, 11) is 0. The van der Waals surface area contributed by atoms with Crippen LogP contribution in [-0.2, 0) is 0 Å². The number of hydrogen-bond donors (Lipinski definition) is 0. The molecule has 5 aliphatic rings. The van der Waals surface area contributed by atoms with Crippen molar-refractivity contribution in [1.82, 2.24) is 14.9 Å². The average molecular weight is 368 g/mol. The monoisotopic (exact) mass is 368 g/mol. The first-order chi connectivity index (χ1) is 13.3. The third-order valence-electron chi connectivity index (χ3n) is 6.68. The van der Waals surface area contributed by atoms with Gasteiger partial charge in [-0.2, -0.15) is 0 Å². The molecule has 2 bridgehead atoms. The summed E-state index contributed by atoms with van der Waals surface area (Å²) >= 11 is 0. The summed E-state index contributed by atoms with van der Waals surface area (Å²) in [6.07, 6.45) is 4.97. The first kappa shape index (κ1) is 15.6. The normalized spacial score (nSPS) is 33.4. The molecule has 0 radical (unpaired) electrons. The Morgan fingerprint density at radius 3 is 2.59 bits per heavy atom. The van der Waals surface area contributed by atoms with Crippen LogP contribution in [0.3, 0.4) is 0 Å². The molecule has 0 amide bonds. The van der Waals surface area contributed by atoms with Gasteiger partial charge < -0.3 is 14.4 Å². The molecular formula is C20H21FN4O2. The summed E-state index contributed by atoms with van der Waals surface area (Å²) in [5, 5.41) is 0. The molecule has 2 aromatic rings. The largest absolute Gasteiger partial charge is 0.454 e. The van der Waals surface area contributed by atoms with Crippen molar-refractivity contribution in [2.75, 3.05) is 31.3 Å². The molecule has 4 fully saturated rings. The van der Waals surface area contributed by atoms with Crippen molar-refractivity contribution >= 4 is 5.95 Å². The number of fused-ring (bicyclic) bond motifs is 3. The molecule has 5 aliphatic heterocycles. The van der Waals surface area contributed by atoms with Crippen LogP contribution in [0.4, 0.5) is 10.3 Å². The van der Waals surface area contributed by atoms with Gasteiger partial charge >= 0.3 is 0 Å². The first-order valence-electron chi connectivity index (χ1n) is 9.66. The second-order valence-corrected chi connectivity index (χ2v) is 7.93. The molecule has 0 aliphatic carbocycles. The summed E-state index contributed by atoms with van der Waals surface area (Å²) in [6.45, 7) is 3.45. The van der Waals surface area contributed by atoms with Gasteiger partial charge in [-0.3, -0.25) is 4.90 Å². The van der Waals surface area contributed by atoms with Crippen molar-refractivity contribution in [3.05, 3.63) is 42.0 Å². The lowest BCUT2D eigenvalue weighted by Gasteiger charge is -2.51. The Morgan fingerprint density at radius 1 is 1.00 bits per heavy atom. The highest BCUT2D eigenvalue weighted by atomic mass is 19.1. The van der Waals surface area contributed by atoms with Crippen molar-refractivity contribution < 1.29 is 13.9 Å². The number of halogens is 1. The van der Waals surface area contributed by atoms with Crippen LogP contribution in [0, 0.1) is 11.7 Å². The van der Waals surface area contributed by atoms with Crippen LogP contribution < -0.4 is 14.4 Å². The zero-order chi connectivity index (χ0) is 18.0. The van der Waals surface area contributed by atoms with Crippen LogP contribution in [0.5, 0.6) is 11.5 Å². The van der Waals surface area contributed by atoms with Gasteiger partial charge in [-0.25, -0.2) is 14.4 Å². The van der Waals surface area contributed by atoms with E-state index in [2.05, 4.69) is 31.9 Å². The third-order valence-corrected chi connectivity index (χ3v) is 6.68. The fourth-order valence-electron chi connectivity index (χ4n) is 5.54. The number of anilines is 1. The van der Waals surface area contributed by atoms with Gasteiger partial charge in [0.05, 0.1) is 18.4 Å². The second kappa shape index (κ2) is 5.79. The van der Waals surface area contributed by atoms with E-state index in [0.717, 1.165) is 31.1 Å². The number of ether oxygens (including phenoxy) is 2. The molecular weight excluding hydrogens is 347 g/mol.